The first-order chi connectivity index (χ1) is 15.1. The second-order valence-electron chi connectivity index (χ2n) is 6.60. The molecule has 3 aromatic carbocycles. The summed E-state index contributed by atoms with van der Waals surface area (Å²) in [4.78, 5) is 28.9. The van der Waals surface area contributed by atoms with Crippen LogP contribution in [0.5, 0.6) is 5.75 Å². The average molecular weight is 451 g/mol. The van der Waals surface area contributed by atoms with Crippen LogP contribution in [0.4, 0.5) is 11.4 Å². The van der Waals surface area contributed by atoms with Crippen molar-refractivity contribution in [2.45, 2.75) is 11.8 Å². The van der Waals surface area contributed by atoms with Gasteiger partial charge in [0.15, 0.2) is 0 Å². The summed E-state index contributed by atoms with van der Waals surface area (Å²) in [5.41, 5.74) is 1.24. The number of rotatable bonds is 7. The molecule has 0 aliphatic carbocycles. The Hall–Kier alpha value is -3.22. The van der Waals surface area contributed by atoms with Crippen LogP contribution in [0, 0.1) is 0 Å². The first kappa shape index (κ1) is 21.0. The predicted molar refractivity (Wildman–Crippen MR) is 125 cm³/mol. The van der Waals surface area contributed by atoms with Gasteiger partial charge in [0.1, 0.15) is 16.4 Å². The number of carbonyl (C=O) groups excluding carboxylic acids is 2. The number of hydrogen-bond donors (Lipinski definition) is 1. The molecule has 7 heteroatoms. The first-order valence-corrected chi connectivity index (χ1v) is 10.9. The van der Waals surface area contributed by atoms with Crippen molar-refractivity contribution in [3.63, 3.8) is 0 Å². The maximum atomic E-state index is 13.3. The normalized spacial score (nSPS) is 13.7. The number of hydrogen-bond acceptors (Lipinski definition) is 5. The number of amides is 2. The molecule has 1 N–H and O–H groups in total. The lowest BCUT2D eigenvalue weighted by molar-refractivity contribution is -0.120. The van der Waals surface area contributed by atoms with Crippen molar-refractivity contribution in [1.29, 1.82) is 0 Å². The summed E-state index contributed by atoms with van der Waals surface area (Å²) in [5.74, 6) is -0.141. The standard InChI is InChI=1S/C24H19ClN2O3S/c1-2-30-17-14-12-16(13-15-17)26-21-22(31-18-8-4-3-5-9-18)24(29)27(23(21)28)20-11-7-6-10-19(20)25/h3-15,26H,2H2,1H3. The number of thioether (sulfide) groups is 1. The van der Waals surface area contributed by atoms with Gasteiger partial charge in [-0.3, -0.25) is 9.59 Å². The van der Waals surface area contributed by atoms with E-state index in [1.54, 1.807) is 36.4 Å². The van der Waals surface area contributed by atoms with Gasteiger partial charge in [-0.25, -0.2) is 4.90 Å². The minimum Gasteiger partial charge on any atom is -0.494 e. The van der Waals surface area contributed by atoms with Gasteiger partial charge in [0.05, 0.1) is 17.3 Å². The number of benzene rings is 3. The predicted octanol–water partition coefficient (Wildman–Crippen LogP) is 5.73. The molecule has 0 spiro atoms. The Bertz CT molecular complexity index is 1150. The molecule has 2 amide bonds. The molecule has 0 aromatic heterocycles. The monoisotopic (exact) mass is 450 g/mol. The summed E-state index contributed by atoms with van der Waals surface area (Å²) in [6, 6.07) is 23.5. The molecule has 1 aliphatic rings. The largest absolute Gasteiger partial charge is 0.494 e. The molecule has 0 atom stereocenters. The van der Waals surface area contributed by atoms with Crippen LogP contribution in [0.1, 0.15) is 6.92 Å². The van der Waals surface area contributed by atoms with E-state index >= 15 is 0 Å². The molecule has 0 saturated heterocycles. The average Bonchev–Trinajstić information content (AvgIpc) is 3.00. The highest BCUT2D eigenvalue weighted by Crippen LogP contribution is 2.39. The Morgan fingerprint density at radius 3 is 2.26 bits per heavy atom. The molecule has 0 bridgehead atoms. The zero-order valence-corrected chi connectivity index (χ0v) is 18.2. The summed E-state index contributed by atoms with van der Waals surface area (Å²) < 4.78 is 5.47. The Morgan fingerprint density at radius 2 is 1.58 bits per heavy atom. The minimum atomic E-state index is -0.453. The molecule has 5 nitrogen and oxygen atoms in total. The van der Waals surface area contributed by atoms with Crippen LogP contribution in [0.25, 0.3) is 0 Å². The smallest absolute Gasteiger partial charge is 0.283 e. The summed E-state index contributed by atoms with van der Waals surface area (Å²) in [6.45, 7) is 2.48. The molecule has 3 aromatic rings. The third-order valence-electron chi connectivity index (χ3n) is 4.53. The molecular weight excluding hydrogens is 432 g/mol. The van der Waals surface area contributed by atoms with Crippen LogP contribution in [0.3, 0.4) is 0 Å². The molecule has 0 fully saturated rings. The molecule has 4 rings (SSSR count). The molecule has 31 heavy (non-hydrogen) atoms. The number of halogens is 1. The van der Waals surface area contributed by atoms with E-state index in [-0.39, 0.29) is 5.70 Å². The fourth-order valence-corrected chi connectivity index (χ4v) is 4.29. The number of ether oxygens (including phenoxy) is 1. The third-order valence-corrected chi connectivity index (χ3v) is 5.94. The van der Waals surface area contributed by atoms with E-state index < -0.39 is 11.8 Å². The molecule has 0 saturated carbocycles. The highest BCUT2D eigenvalue weighted by molar-refractivity contribution is 8.04. The van der Waals surface area contributed by atoms with Crippen molar-refractivity contribution in [3.8, 4) is 5.75 Å². The van der Waals surface area contributed by atoms with E-state index in [2.05, 4.69) is 5.32 Å². The molecule has 1 aliphatic heterocycles. The maximum Gasteiger partial charge on any atom is 0.283 e. The Morgan fingerprint density at radius 1 is 0.903 bits per heavy atom. The van der Waals surface area contributed by atoms with E-state index in [4.69, 9.17) is 16.3 Å². The third kappa shape index (κ3) is 4.45. The second kappa shape index (κ2) is 9.29. The number of carbonyl (C=O) groups is 2. The molecular formula is C24H19ClN2O3S. The van der Waals surface area contributed by atoms with Crippen molar-refractivity contribution >= 4 is 46.6 Å². The lowest BCUT2D eigenvalue weighted by Gasteiger charge is -2.16. The number of imide groups is 1. The summed E-state index contributed by atoms with van der Waals surface area (Å²) >= 11 is 7.54. The summed E-state index contributed by atoms with van der Waals surface area (Å²) in [6.07, 6.45) is 0. The van der Waals surface area contributed by atoms with Gasteiger partial charge in [0.25, 0.3) is 11.8 Å². The van der Waals surface area contributed by atoms with Crippen molar-refractivity contribution < 1.29 is 14.3 Å². The van der Waals surface area contributed by atoms with Gasteiger partial charge < -0.3 is 10.1 Å². The van der Waals surface area contributed by atoms with Gasteiger partial charge in [-0.1, -0.05) is 53.7 Å². The number of anilines is 2. The summed E-state index contributed by atoms with van der Waals surface area (Å²) in [7, 11) is 0. The van der Waals surface area contributed by atoms with Crippen LogP contribution < -0.4 is 15.0 Å². The highest BCUT2D eigenvalue weighted by Gasteiger charge is 2.41. The van der Waals surface area contributed by atoms with Gasteiger partial charge in [-0.15, -0.1) is 0 Å². The van der Waals surface area contributed by atoms with Gasteiger partial charge in [0, 0.05) is 10.6 Å². The SMILES string of the molecule is CCOc1ccc(NC2=C(Sc3ccccc3)C(=O)N(c3ccccc3Cl)C2=O)cc1. The van der Waals surface area contributed by atoms with E-state index in [1.165, 1.54) is 11.8 Å². The zero-order valence-electron chi connectivity index (χ0n) is 16.7. The molecule has 156 valence electrons. The van der Waals surface area contributed by atoms with Crippen LogP contribution in [-0.2, 0) is 9.59 Å². The number of para-hydroxylation sites is 1. The Kier molecular flexibility index (Phi) is 6.30. The van der Waals surface area contributed by atoms with Gasteiger partial charge in [-0.05, 0) is 55.5 Å². The van der Waals surface area contributed by atoms with Gasteiger partial charge in [0.2, 0.25) is 0 Å². The second-order valence-corrected chi connectivity index (χ2v) is 8.09. The maximum absolute atomic E-state index is 13.3. The molecule has 0 unspecified atom stereocenters. The first-order valence-electron chi connectivity index (χ1n) is 9.69. The topological polar surface area (TPSA) is 58.6 Å². The lowest BCUT2D eigenvalue weighted by atomic mass is 10.2. The van der Waals surface area contributed by atoms with E-state index in [1.807, 2.05) is 49.4 Å². The summed E-state index contributed by atoms with van der Waals surface area (Å²) in [5, 5.41) is 3.46. The van der Waals surface area contributed by atoms with Crippen molar-refractivity contribution in [1.82, 2.24) is 0 Å². The lowest BCUT2D eigenvalue weighted by Crippen LogP contribution is -2.32. The van der Waals surface area contributed by atoms with Crippen molar-refractivity contribution in [3.05, 3.63) is 94.5 Å². The van der Waals surface area contributed by atoms with E-state index in [0.717, 1.165) is 15.5 Å². The highest BCUT2D eigenvalue weighted by atomic mass is 35.5. The van der Waals surface area contributed by atoms with Crippen molar-refractivity contribution in [2.75, 3.05) is 16.8 Å². The quantitative estimate of drug-likeness (QED) is 0.466. The van der Waals surface area contributed by atoms with Crippen molar-refractivity contribution in [2.24, 2.45) is 0 Å². The number of nitrogens with one attached hydrogen (secondary N) is 1. The van der Waals surface area contributed by atoms with E-state index in [0.29, 0.717) is 27.9 Å². The molecule has 1 heterocycles. The minimum absolute atomic E-state index is 0.211. The van der Waals surface area contributed by atoms with Gasteiger partial charge in [-0.2, -0.15) is 0 Å². The fraction of sp³-hybridized carbons (Fsp3) is 0.0833. The number of nitrogens with zero attached hydrogens (tertiary/aromatic N) is 1. The van der Waals surface area contributed by atoms with Crippen LogP contribution in [0.15, 0.2) is 94.4 Å². The zero-order chi connectivity index (χ0) is 21.8. The Balaban J connectivity index is 1.71. The van der Waals surface area contributed by atoms with Crippen LogP contribution >= 0.6 is 23.4 Å². The van der Waals surface area contributed by atoms with Crippen LogP contribution in [0.2, 0.25) is 5.02 Å². The van der Waals surface area contributed by atoms with Crippen LogP contribution in [-0.4, -0.2) is 18.4 Å². The Labute approximate surface area is 189 Å². The van der Waals surface area contributed by atoms with E-state index in [9.17, 15) is 9.59 Å². The fourth-order valence-electron chi connectivity index (χ4n) is 3.12. The molecule has 0 radical (unpaired) electrons. The van der Waals surface area contributed by atoms with Gasteiger partial charge >= 0.3 is 0 Å².